The van der Waals surface area contributed by atoms with Crippen molar-refractivity contribution in [2.24, 2.45) is 11.8 Å². The third-order valence-corrected chi connectivity index (χ3v) is 4.19. The summed E-state index contributed by atoms with van der Waals surface area (Å²) in [4.78, 5) is 23.2. The second-order valence-electron chi connectivity index (χ2n) is 6.19. The van der Waals surface area contributed by atoms with E-state index in [2.05, 4.69) is 13.8 Å². The summed E-state index contributed by atoms with van der Waals surface area (Å²) >= 11 is 0. The summed E-state index contributed by atoms with van der Waals surface area (Å²) in [5, 5.41) is 18.0. The summed E-state index contributed by atoms with van der Waals surface area (Å²) in [5.41, 5.74) is 0. The highest BCUT2D eigenvalue weighted by Gasteiger charge is 2.20. The molecule has 144 valence electrons. The van der Waals surface area contributed by atoms with Crippen LogP contribution in [0.1, 0.15) is 78.1 Å². The highest BCUT2D eigenvalue weighted by atomic mass is 16.5. The number of rotatable bonds is 15. The summed E-state index contributed by atoms with van der Waals surface area (Å²) in [6.45, 7) is 4.06. The molecule has 6 nitrogen and oxygen atoms in total. The van der Waals surface area contributed by atoms with Crippen molar-refractivity contribution in [1.29, 1.82) is 0 Å². The minimum Gasteiger partial charge on any atom is -0.481 e. The highest BCUT2D eigenvalue weighted by Crippen LogP contribution is 2.22. The lowest BCUT2D eigenvalue weighted by Crippen LogP contribution is -2.20. The SMILES string of the molecule is CCCCC(CCCCC(CCCC)C(=O)OCCO)C(=O)O.N. The summed E-state index contributed by atoms with van der Waals surface area (Å²) < 4.78 is 5.04. The minimum absolute atomic E-state index is 0. The number of carboxylic acids is 1. The Morgan fingerprint density at radius 1 is 0.875 bits per heavy atom. The molecule has 0 heterocycles. The molecule has 0 aliphatic carbocycles. The van der Waals surface area contributed by atoms with Crippen LogP contribution in [-0.2, 0) is 14.3 Å². The van der Waals surface area contributed by atoms with Crippen molar-refractivity contribution in [3.63, 3.8) is 0 Å². The number of unbranched alkanes of at least 4 members (excludes halogenated alkanes) is 3. The molecule has 24 heavy (non-hydrogen) atoms. The predicted molar refractivity (Wildman–Crippen MR) is 95.2 cm³/mol. The quantitative estimate of drug-likeness (QED) is 0.305. The second kappa shape index (κ2) is 16.7. The molecule has 0 aromatic heterocycles. The fraction of sp³-hybridized carbons (Fsp3) is 0.889. The van der Waals surface area contributed by atoms with Gasteiger partial charge in [-0.15, -0.1) is 0 Å². The molecule has 0 amide bonds. The van der Waals surface area contributed by atoms with Crippen molar-refractivity contribution in [2.45, 2.75) is 78.1 Å². The molecule has 2 atom stereocenters. The lowest BCUT2D eigenvalue weighted by Gasteiger charge is -2.16. The lowest BCUT2D eigenvalue weighted by molar-refractivity contribution is -0.150. The number of carboxylic acid groups (broad SMARTS) is 1. The standard InChI is InChI=1S/C18H34O5.H3N/c1-3-5-9-15(17(20)21)11-7-8-12-16(10-6-4-2)18(22)23-14-13-19;/h15-16,19H,3-14H2,1-2H3,(H,20,21);1H3. The van der Waals surface area contributed by atoms with Crippen LogP contribution < -0.4 is 6.15 Å². The van der Waals surface area contributed by atoms with Crippen LogP contribution in [-0.4, -0.2) is 35.4 Å². The van der Waals surface area contributed by atoms with Crippen molar-refractivity contribution >= 4 is 11.9 Å². The van der Waals surface area contributed by atoms with Gasteiger partial charge in [-0.1, -0.05) is 52.4 Å². The van der Waals surface area contributed by atoms with Gasteiger partial charge in [0.1, 0.15) is 6.61 Å². The maximum Gasteiger partial charge on any atom is 0.309 e. The summed E-state index contributed by atoms with van der Waals surface area (Å²) in [6.07, 6.45) is 8.61. The number of ether oxygens (including phenoxy) is 1. The van der Waals surface area contributed by atoms with Crippen molar-refractivity contribution in [1.82, 2.24) is 6.15 Å². The van der Waals surface area contributed by atoms with Crippen LogP contribution in [0.15, 0.2) is 0 Å². The first kappa shape index (κ1) is 25.1. The third kappa shape index (κ3) is 12.3. The summed E-state index contributed by atoms with van der Waals surface area (Å²) in [7, 11) is 0. The molecule has 0 bridgehead atoms. The van der Waals surface area contributed by atoms with Crippen molar-refractivity contribution in [2.75, 3.05) is 13.2 Å². The minimum atomic E-state index is -0.705. The van der Waals surface area contributed by atoms with E-state index in [4.69, 9.17) is 9.84 Å². The van der Waals surface area contributed by atoms with E-state index in [0.717, 1.165) is 57.8 Å². The average Bonchev–Trinajstić information content (AvgIpc) is 2.54. The van der Waals surface area contributed by atoms with Gasteiger partial charge < -0.3 is 21.1 Å². The van der Waals surface area contributed by atoms with Crippen LogP contribution in [0.3, 0.4) is 0 Å². The number of esters is 1. The molecule has 6 heteroatoms. The number of carbonyl (C=O) groups excluding carboxylic acids is 1. The first-order valence-electron chi connectivity index (χ1n) is 9.07. The lowest BCUT2D eigenvalue weighted by atomic mass is 9.92. The molecule has 0 fully saturated rings. The average molecular weight is 347 g/mol. The number of hydrogen-bond acceptors (Lipinski definition) is 5. The van der Waals surface area contributed by atoms with E-state index in [1.807, 2.05) is 0 Å². The number of aliphatic hydroxyl groups is 1. The number of carbonyl (C=O) groups is 2. The molecule has 0 radical (unpaired) electrons. The van der Waals surface area contributed by atoms with Gasteiger partial charge >= 0.3 is 11.9 Å². The third-order valence-electron chi connectivity index (χ3n) is 4.19. The molecule has 0 aromatic carbocycles. The Bertz CT molecular complexity index is 323. The van der Waals surface area contributed by atoms with Crippen molar-refractivity contribution < 1.29 is 24.5 Å². The van der Waals surface area contributed by atoms with Gasteiger partial charge in [0.2, 0.25) is 0 Å². The van der Waals surface area contributed by atoms with Gasteiger partial charge in [-0.25, -0.2) is 0 Å². The smallest absolute Gasteiger partial charge is 0.309 e. The van der Waals surface area contributed by atoms with Crippen LogP contribution in [0.4, 0.5) is 0 Å². The number of aliphatic carboxylic acids is 1. The zero-order chi connectivity index (χ0) is 17.5. The monoisotopic (exact) mass is 347 g/mol. The Morgan fingerprint density at radius 2 is 1.33 bits per heavy atom. The van der Waals surface area contributed by atoms with E-state index < -0.39 is 5.97 Å². The Balaban J connectivity index is 0. The van der Waals surface area contributed by atoms with Crippen LogP contribution in [0.25, 0.3) is 0 Å². The maximum absolute atomic E-state index is 12.0. The van der Waals surface area contributed by atoms with Gasteiger partial charge in [0.15, 0.2) is 0 Å². The molecule has 2 unspecified atom stereocenters. The van der Waals surface area contributed by atoms with E-state index in [0.29, 0.717) is 6.42 Å². The molecule has 0 aliphatic heterocycles. The molecular formula is C18H37NO5. The Kier molecular flexibility index (Phi) is 17.5. The van der Waals surface area contributed by atoms with Crippen molar-refractivity contribution in [3.05, 3.63) is 0 Å². The van der Waals surface area contributed by atoms with E-state index in [1.54, 1.807) is 0 Å². The topological polar surface area (TPSA) is 119 Å². The molecule has 0 aliphatic rings. The molecule has 0 rings (SSSR count). The second-order valence-corrected chi connectivity index (χ2v) is 6.19. The molecule has 0 saturated heterocycles. The summed E-state index contributed by atoms with van der Waals surface area (Å²) in [5.74, 6) is -1.32. The predicted octanol–water partition coefficient (Wildman–Crippen LogP) is 3.94. The van der Waals surface area contributed by atoms with E-state index >= 15 is 0 Å². The first-order valence-corrected chi connectivity index (χ1v) is 9.07. The normalized spacial score (nSPS) is 13.0. The van der Waals surface area contributed by atoms with Crippen LogP contribution in [0.2, 0.25) is 0 Å². The molecule has 0 spiro atoms. The van der Waals surface area contributed by atoms with Gasteiger partial charge in [0.05, 0.1) is 18.4 Å². The molecule has 0 saturated carbocycles. The zero-order valence-corrected chi connectivity index (χ0v) is 15.5. The van der Waals surface area contributed by atoms with Gasteiger partial charge in [-0.3, -0.25) is 9.59 Å². The number of hydrogen-bond donors (Lipinski definition) is 3. The zero-order valence-electron chi connectivity index (χ0n) is 15.5. The van der Waals surface area contributed by atoms with Gasteiger partial charge in [0.25, 0.3) is 0 Å². The summed E-state index contributed by atoms with van der Waals surface area (Å²) in [6, 6.07) is 0. The Labute approximate surface area is 146 Å². The van der Waals surface area contributed by atoms with E-state index in [1.165, 1.54) is 0 Å². The fourth-order valence-electron chi connectivity index (χ4n) is 2.72. The highest BCUT2D eigenvalue weighted by molar-refractivity contribution is 5.72. The fourth-order valence-corrected chi connectivity index (χ4v) is 2.72. The Morgan fingerprint density at radius 3 is 1.79 bits per heavy atom. The molecule has 5 N–H and O–H groups in total. The van der Waals surface area contributed by atoms with Crippen LogP contribution >= 0.6 is 0 Å². The van der Waals surface area contributed by atoms with Gasteiger partial charge in [-0.05, 0) is 25.7 Å². The van der Waals surface area contributed by atoms with Crippen molar-refractivity contribution in [3.8, 4) is 0 Å². The van der Waals surface area contributed by atoms with Crippen LogP contribution in [0.5, 0.6) is 0 Å². The first-order chi connectivity index (χ1) is 11.1. The van der Waals surface area contributed by atoms with Gasteiger partial charge in [0, 0.05) is 0 Å². The maximum atomic E-state index is 12.0. The largest absolute Gasteiger partial charge is 0.481 e. The Hall–Kier alpha value is -1.14. The van der Waals surface area contributed by atoms with E-state index in [9.17, 15) is 14.7 Å². The van der Waals surface area contributed by atoms with Gasteiger partial charge in [-0.2, -0.15) is 0 Å². The van der Waals surface area contributed by atoms with Crippen LogP contribution in [0, 0.1) is 11.8 Å². The number of aliphatic hydroxyl groups excluding tert-OH is 1. The molecular weight excluding hydrogens is 310 g/mol. The molecule has 0 aromatic rings. The van der Waals surface area contributed by atoms with E-state index in [-0.39, 0.29) is 37.2 Å².